The Morgan fingerprint density at radius 3 is 2.67 bits per heavy atom. The van der Waals surface area contributed by atoms with Crippen LogP contribution in [-0.2, 0) is 13.0 Å². The van der Waals surface area contributed by atoms with Crippen molar-refractivity contribution in [2.45, 2.75) is 46.2 Å². The molecular weight excluding hydrogens is 358 g/mol. The Morgan fingerprint density at radius 2 is 2.00 bits per heavy atom. The quantitative estimate of drug-likeness (QED) is 0.622. The van der Waals surface area contributed by atoms with E-state index in [1.807, 2.05) is 39.0 Å². The summed E-state index contributed by atoms with van der Waals surface area (Å²) in [6.45, 7) is 6.75. The summed E-state index contributed by atoms with van der Waals surface area (Å²) in [6.07, 6.45) is 3.66. The summed E-state index contributed by atoms with van der Waals surface area (Å²) in [5, 5.41) is 9.19. The number of aromatic nitrogens is 4. The largest absolute Gasteiger partial charge is 0.332 e. The van der Waals surface area contributed by atoms with Gasteiger partial charge < -0.3 is 4.90 Å². The van der Waals surface area contributed by atoms with Crippen LogP contribution in [0.2, 0.25) is 0 Å². The monoisotopic (exact) mass is 383 g/mol. The third-order valence-corrected chi connectivity index (χ3v) is 5.59. The Hall–Kier alpha value is -2.54. The normalized spacial score (nSPS) is 12.1. The topological polar surface area (TPSA) is 63.9 Å². The van der Waals surface area contributed by atoms with Crippen LogP contribution in [0.25, 0.3) is 0 Å². The number of benzene rings is 1. The van der Waals surface area contributed by atoms with Gasteiger partial charge in [0.2, 0.25) is 0 Å². The van der Waals surface area contributed by atoms with Crippen molar-refractivity contribution in [1.29, 1.82) is 0 Å². The molecule has 0 saturated heterocycles. The summed E-state index contributed by atoms with van der Waals surface area (Å²) in [4.78, 5) is 20.2. The standard InChI is InChI=1S/C20H25N5OS/c1-14(19-15(2)27-16(3)21-19)24(4)20(26)18-13-25(23-22-18)12-8-11-17-9-6-5-7-10-17/h5-7,9-10,13-14H,8,11-12H2,1-4H3/t14-/m1/s1. The fourth-order valence-corrected chi connectivity index (χ4v) is 3.98. The van der Waals surface area contributed by atoms with E-state index in [0.29, 0.717) is 5.69 Å². The minimum absolute atomic E-state index is 0.106. The summed E-state index contributed by atoms with van der Waals surface area (Å²) in [5.41, 5.74) is 2.62. The molecule has 1 amide bonds. The third-order valence-electron chi connectivity index (χ3n) is 4.69. The average Bonchev–Trinajstić information content (AvgIpc) is 3.27. The lowest BCUT2D eigenvalue weighted by atomic mass is 10.1. The van der Waals surface area contributed by atoms with E-state index in [0.717, 1.165) is 35.0 Å². The zero-order valence-corrected chi connectivity index (χ0v) is 17.0. The second-order valence-corrected chi connectivity index (χ2v) is 8.13. The van der Waals surface area contributed by atoms with Crippen LogP contribution in [0.15, 0.2) is 36.5 Å². The maximum absolute atomic E-state index is 12.8. The maximum Gasteiger partial charge on any atom is 0.276 e. The first-order valence-corrected chi connectivity index (χ1v) is 9.92. The van der Waals surface area contributed by atoms with Crippen molar-refractivity contribution in [2.24, 2.45) is 0 Å². The van der Waals surface area contributed by atoms with Crippen LogP contribution in [0.4, 0.5) is 0 Å². The molecule has 6 nitrogen and oxygen atoms in total. The number of hydrogen-bond acceptors (Lipinski definition) is 5. The van der Waals surface area contributed by atoms with Crippen LogP contribution in [0.1, 0.15) is 51.0 Å². The highest BCUT2D eigenvalue weighted by molar-refractivity contribution is 7.11. The van der Waals surface area contributed by atoms with Gasteiger partial charge in [0.1, 0.15) is 0 Å². The van der Waals surface area contributed by atoms with Gasteiger partial charge >= 0.3 is 0 Å². The predicted octanol–water partition coefficient (Wildman–Crippen LogP) is 3.82. The first kappa shape index (κ1) is 19.2. The minimum atomic E-state index is -0.137. The zero-order chi connectivity index (χ0) is 19.4. The van der Waals surface area contributed by atoms with Gasteiger partial charge in [0.05, 0.1) is 22.9 Å². The molecule has 0 unspecified atom stereocenters. The van der Waals surface area contributed by atoms with Crippen molar-refractivity contribution < 1.29 is 4.79 Å². The van der Waals surface area contributed by atoms with Gasteiger partial charge in [-0.25, -0.2) is 4.98 Å². The van der Waals surface area contributed by atoms with E-state index < -0.39 is 0 Å². The van der Waals surface area contributed by atoms with E-state index in [-0.39, 0.29) is 11.9 Å². The number of rotatable bonds is 7. The van der Waals surface area contributed by atoms with Crippen molar-refractivity contribution in [2.75, 3.05) is 7.05 Å². The summed E-state index contributed by atoms with van der Waals surface area (Å²) >= 11 is 1.65. The molecule has 7 heteroatoms. The Morgan fingerprint density at radius 1 is 1.26 bits per heavy atom. The molecule has 3 rings (SSSR count). The number of carbonyl (C=O) groups excluding carboxylic acids is 1. The van der Waals surface area contributed by atoms with E-state index >= 15 is 0 Å². The molecule has 142 valence electrons. The van der Waals surface area contributed by atoms with Crippen LogP contribution in [0, 0.1) is 13.8 Å². The van der Waals surface area contributed by atoms with Crippen molar-refractivity contribution >= 4 is 17.2 Å². The van der Waals surface area contributed by atoms with E-state index in [4.69, 9.17) is 0 Å². The summed E-state index contributed by atoms with van der Waals surface area (Å²) in [5.74, 6) is -0.137. The molecule has 0 aliphatic rings. The zero-order valence-electron chi connectivity index (χ0n) is 16.2. The molecule has 0 bridgehead atoms. The second-order valence-electron chi connectivity index (χ2n) is 6.72. The van der Waals surface area contributed by atoms with E-state index in [9.17, 15) is 4.79 Å². The van der Waals surface area contributed by atoms with Gasteiger partial charge in [-0.2, -0.15) is 0 Å². The highest BCUT2D eigenvalue weighted by atomic mass is 32.1. The molecule has 2 heterocycles. The first-order valence-electron chi connectivity index (χ1n) is 9.11. The van der Waals surface area contributed by atoms with E-state index in [1.54, 1.807) is 34.2 Å². The second kappa shape index (κ2) is 8.43. The highest BCUT2D eigenvalue weighted by Crippen LogP contribution is 2.26. The third kappa shape index (κ3) is 4.60. The van der Waals surface area contributed by atoms with Gasteiger partial charge in [-0.1, -0.05) is 35.5 Å². The van der Waals surface area contributed by atoms with Gasteiger partial charge in [-0.05, 0) is 39.2 Å². The Labute approximate surface area is 163 Å². The fourth-order valence-electron chi connectivity index (χ4n) is 3.07. The molecule has 2 aromatic heterocycles. The summed E-state index contributed by atoms with van der Waals surface area (Å²) < 4.78 is 1.74. The molecule has 1 atom stereocenters. The smallest absolute Gasteiger partial charge is 0.276 e. The fraction of sp³-hybridized carbons (Fsp3) is 0.400. The number of hydrogen-bond donors (Lipinski definition) is 0. The molecule has 27 heavy (non-hydrogen) atoms. The molecule has 0 saturated carbocycles. The van der Waals surface area contributed by atoms with Gasteiger partial charge in [-0.15, -0.1) is 16.4 Å². The lowest BCUT2D eigenvalue weighted by molar-refractivity contribution is 0.0733. The molecule has 0 fully saturated rings. The summed E-state index contributed by atoms with van der Waals surface area (Å²) in [7, 11) is 1.79. The summed E-state index contributed by atoms with van der Waals surface area (Å²) in [6, 6.07) is 10.2. The van der Waals surface area contributed by atoms with Gasteiger partial charge in [-0.3, -0.25) is 9.48 Å². The Bertz CT molecular complexity index is 902. The van der Waals surface area contributed by atoms with Crippen LogP contribution in [-0.4, -0.2) is 37.8 Å². The molecule has 0 radical (unpaired) electrons. The number of carbonyl (C=O) groups is 1. The van der Waals surface area contributed by atoms with Crippen LogP contribution in [0.5, 0.6) is 0 Å². The molecule has 0 spiro atoms. The van der Waals surface area contributed by atoms with Crippen molar-refractivity contribution in [3.63, 3.8) is 0 Å². The molecule has 0 aliphatic heterocycles. The molecule has 0 N–H and O–H groups in total. The van der Waals surface area contributed by atoms with E-state index in [1.165, 1.54) is 5.56 Å². The van der Waals surface area contributed by atoms with Gasteiger partial charge in [0.25, 0.3) is 5.91 Å². The first-order chi connectivity index (χ1) is 13.0. The Kier molecular flexibility index (Phi) is 6.01. The molecule has 0 aliphatic carbocycles. The number of amides is 1. The molecular formula is C20H25N5OS. The SMILES string of the molecule is Cc1nc([C@@H](C)N(C)C(=O)c2cn(CCCc3ccccc3)nn2)c(C)s1. The van der Waals surface area contributed by atoms with Gasteiger partial charge in [0.15, 0.2) is 5.69 Å². The molecule has 1 aromatic carbocycles. The predicted molar refractivity (Wildman–Crippen MR) is 107 cm³/mol. The Balaban J connectivity index is 1.59. The lowest BCUT2D eigenvalue weighted by Crippen LogP contribution is -2.30. The van der Waals surface area contributed by atoms with Crippen LogP contribution in [0.3, 0.4) is 0 Å². The molecule has 3 aromatic rings. The van der Waals surface area contributed by atoms with Gasteiger partial charge in [0, 0.05) is 18.5 Å². The van der Waals surface area contributed by atoms with Crippen molar-refractivity contribution in [3.8, 4) is 0 Å². The van der Waals surface area contributed by atoms with Crippen molar-refractivity contribution in [3.05, 3.63) is 63.4 Å². The lowest BCUT2D eigenvalue weighted by Gasteiger charge is -2.23. The number of thiazole rings is 1. The van der Waals surface area contributed by atoms with Crippen LogP contribution < -0.4 is 0 Å². The number of nitrogens with zero attached hydrogens (tertiary/aromatic N) is 5. The average molecular weight is 384 g/mol. The minimum Gasteiger partial charge on any atom is -0.332 e. The number of aryl methyl sites for hydroxylation is 4. The van der Waals surface area contributed by atoms with Crippen LogP contribution >= 0.6 is 11.3 Å². The van der Waals surface area contributed by atoms with Crippen molar-refractivity contribution in [1.82, 2.24) is 24.9 Å². The highest BCUT2D eigenvalue weighted by Gasteiger charge is 2.24. The maximum atomic E-state index is 12.8. The van der Waals surface area contributed by atoms with E-state index in [2.05, 4.69) is 27.4 Å².